The first kappa shape index (κ1) is 15.6. The molecular weight excluding hydrogens is 283 g/mol. The van der Waals surface area contributed by atoms with Gasteiger partial charge in [0.15, 0.2) is 0 Å². The molecule has 19 heavy (non-hydrogen) atoms. The van der Waals surface area contributed by atoms with Gasteiger partial charge < -0.3 is 9.88 Å². The summed E-state index contributed by atoms with van der Waals surface area (Å²) in [4.78, 5) is 11.4. The fraction of sp³-hybridized carbons (Fsp3) is 0.250. The summed E-state index contributed by atoms with van der Waals surface area (Å²) in [6, 6.07) is 7.27. The zero-order valence-electron chi connectivity index (χ0n) is 11.1. The van der Waals surface area contributed by atoms with E-state index in [-0.39, 0.29) is 11.3 Å². The van der Waals surface area contributed by atoms with Crippen LogP contribution in [-0.4, -0.2) is 38.3 Å². The lowest BCUT2D eigenvalue weighted by atomic mass is 10.3. The summed E-state index contributed by atoms with van der Waals surface area (Å²) in [7, 11) is -0.886. The number of aliphatic imine (C=N–C) groups is 3. The smallest absolute Gasteiger partial charge is 0.229 e. The van der Waals surface area contributed by atoms with Gasteiger partial charge >= 0.3 is 0 Å². The van der Waals surface area contributed by atoms with Gasteiger partial charge in [0.1, 0.15) is 7.14 Å². The maximum Gasteiger partial charge on any atom is 0.229 e. The van der Waals surface area contributed by atoms with Crippen LogP contribution in [0.4, 0.5) is 5.69 Å². The molecule has 1 aromatic carbocycles. The third-order valence-corrected chi connectivity index (χ3v) is 4.07. The van der Waals surface area contributed by atoms with E-state index in [4.69, 9.17) is 11.6 Å². The Morgan fingerprint density at radius 1 is 1.37 bits per heavy atom. The highest BCUT2D eigenvalue weighted by atomic mass is 35.5. The van der Waals surface area contributed by atoms with Crippen molar-refractivity contribution in [1.82, 2.24) is 0 Å². The molecule has 0 heterocycles. The Bertz CT molecular complexity index is 577. The second kappa shape index (κ2) is 6.64. The SMILES string of the molecule is C=N/C(=N\C(Cl)=N/C)Nc1ccccc1P(C)(C)=O. The molecule has 0 saturated carbocycles. The fourth-order valence-corrected chi connectivity index (χ4v) is 2.65. The van der Waals surface area contributed by atoms with E-state index in [9.17, 15) is 4.57 Å². The van der Waals surface area contributed by atoms with Crippen molar-refractivity contribution in [1.29, 1.82) is 0 Å². The summed E-state index contributed by atoms with van der Waals surface area (Å²) >= 11 is 5.71. The fourth-order valence-electron chi connectivity index (χ4n) is 1.41. The summed E-state index contributed by atoms with van der Waals surface area (Å²) in [5.41, 5.74) is 0.669. The Morgan fingerprint density at radius 2 is 2.00 bits per heavy atom. The normalized spacial score (nSPS) is 13.3. The number of hydrogen-bond donors (Lipinski definition) is 1. The third-order valence-electron chi connectivity index (χ3n) is 2.26. The zero-order chi connectivity index (χ0) is 14.5. The van der Waals surface area contributed by atoms with Crippen LogP contribution in [-0.2, 0) is 4.57 Å². The van der Waals surface area contributed by atoms with Crippen LogP contribution in [0.15, 0.2) is 39.2 Å². The van der Waals surface area contributed by atoms with Crippen LogP contribution in [0.25, 0.3) is 0 Å². The van der Waals surface area contributed by atoms with Crippen LogP contribution in [0.2, 0.25) is 0 Å². The first-order valence-electron chi connectivity index (χ1n) is 5.47. The van der Waals surface area contributed by atoms with E-state index in [1.807, 2.05) is 12.1 Å². The summed E-state index contributed by atoms with van der Waals surface area (Å²) in [5, 5.41) is 3.73. The van der Waals surface area contributed by atoms with Crippen LogP contribution < -0.4 is 10.6 Å². The second-order valence-electron chi connectivity index (χ2n) is 4.08. The maximum atomic E-state index is 12.2. The number of hydrogen-bond acceptors (Lipinski definition) is 2. The van der Waals surface area contributed by atoms with E-state index in [0.717, 1.165) is 5.30 Å². The number of halogens is 1. The van der Waals surface area contributed by atoms with Crippen molar-refractivity contribution < 1.29 is 4.57 Å². The monoisotopic (exact) mass is 298 g/mol. The van der Waals surface area contributed by atoms with Crippen molar-refractivity contribution in [3.8, 4) is 0 Å². The average Bonchev–Trinajstić information content (AvgIpc) is 2.37. The topological polar surface area (TPSA) is 66.2 Å². The van der Waals surface area contributed by atoms with Gasteiger partial charge in [-0.1, -0.05) is 12.1 Å². The van der Waals surface area contributed by atoms with E-state index in [1.165, 1.54) is 7.05 Å². The van der Waals surface area contributed by atoms with E-state index in [2.05, 4.69) is 27.0 Å². The van der Waals surface area contributed by atoms with Crippen molar-refractivity contribution in [2.75, 3.05) is 25.7 Å². The Labute approximate surface area is 117 Å². The van der Waals surface area contributed by atoms with E-state index >= 15 is 0 Å². The number of nitrogens with zero attached hydrogens (tertiary/aromatic N) is 3. The highest BCUT2D eigenvalue weighted by Gasteiger charge is 2.16. The van der Waals surface area contributed by atoms with E-state index in [0.29, 0.717) is 5.69 Å². The molecule has 0 bridgehead atoms. The van der Waals surface area contributed by atoms with Crippen molar-refractivity contribution in [3.63, 3.8) is 0 Å². The molecule has 1 aromatic rings. The zero-order valence-corrected chi connectivity index (χ0v) is 12.7. The Kier molecular flexibility index (Phi) is 5.45. The number of anilines is 1. The molecule has 0 radical (unpaired) electrons. The summed E-state index contributed by atoms with van der Waals surface area (Å²) < 4.78 is 12.2. The van der Waals surface area contributed by atoms with E-state index < -0.39 is 7.14 Å². The molecule has 5 nitrogen and oxygen atoms in total. The predicted octanol–water partition coefficient (Wildman–Crippen LogP) is 2.63. The lowest BCUT2D eigenvalue weighted by Crippen LogP contribution is -2.17. The van der Waals surface area contributed by atoms with E-state index in [1.54, 1.807) is 25.5 Å². The van der Waals surface area contributed by atoms with Gasteiger partial charge in [-0.3, -0.25) is 4.99 Å². The van der Waals surface area contributed by atoms with Crippen LogP contribution >= 0.6 is 18.7 Å². The first-order chi connectivity index (χ1) is 8.88. The standard InChI is InChI=1S/C12H16ClN4OP/c1-14-11(13)17-12(15-2)16-9-7-5-6-8-10(9)19(3,4)18/h5-8H,2H2,1,3-4H3,(H,14,16,17). The number of benzene rings is 1. The minimum Gasteiger partial charge on any atom is -0.323 e. The van der Waals surface area contributed by atoms with Gasteiger partial charge in [-0.15, -0.1) is 0 Å². The molecule has 0 fully saturated rings. The van der Waals surface area contributed by atoms with Gasteiger partial charge in [-0.25, -0.2) is 4.99 Å². The van der Waals surface area contributed by atoms with Crippen molar-refractivity contribution in [3.05, 3.63) is 24.3 Å². The molecule has 0 aliphatic heterocycles. The summed E-state index contributed by atoms with van der Waals surface area (Å²) in [6.07, 6.45) is 0. The molecule has 1 N–H and O–H groups in total. The molecule has 1 rings (SSSR count). The van der Waals surface area contributed by atoms with Gasteiger partial charge in [0.05, 0.1) is 5.69 Å². The number of amidine groups is 1. The Hall–Kier alpha value is -1.45. The molecule has 0 amide bonds. The molecule has 0 spiro atoms. The van der Waals surface area contributed by atoms with Gasteiger partial charge in [-0.2, -0.15) is 4.99 Å². The third kappa shape index (κ3) is 4.62. The molecule has 0 aromatic heterocycles. The number of para-hydroxylation sites is 1. The second-order valence-corrected chi connectivity index (χ2v) is 7.60. The molecular formula is C12H16ClN4OP. The lowest BCUT2D eigenvalue weighted by Gasteiger charge is -2.14. The lowest BCUT2D eigenvalue weighted by molar-refractivity contribution is 0.588. The molecule has 0 unspecified atom stereocenters. The number of rotatable bonds is 2. The van der Waals surface area contributed by atoms with Crippen LogP contribution in [0.1, 0.15) is 0 Å². The predicted molar refractivity (Wildman–Crippen MR) is 85.3 cm³/mol. The van der Waals surface area contributed by atoms with Gasteiger partial charge in [0, 0.05) is 12.4 Å². The minimum atomic E-state index is -2.41. The van der Waals surface area contributed by atoms with Crippen molar-refractivity contribution in [2.24, 2.45) is 15.0 Å². The average molecular weight is 299 g/mol. The summed E-state index contributed by atoms with van der Waals surface area (Å²) in [5.74, 6) is 0.205. The Balaban J connectivity index is 3.16. The van der Waals surface area contributed by atoms with Gasteiger partial charge in [-0.05, 0) is 43.8 Å². The largest absolute Gasteiger partial charge is 0.323 e. The molecule has 7 heteroatoms. The molecule has 0 aliphatic carbocycles. The number of nitrogens with one attached hydrogen (secondary N) is 1. The minimum absolute atomic E-state index is 0.0589. The van der Waals surface area contributed by atoms with Crippen LogP contribution in [0.3, 0.4) is 0 Å². The van der Waals surface area contributed by atoms with Crippen molar-refractivity contribution in [2.45, 2.75) is 0 Å². The van der Waals surface area contributed by atoms with Crippen LogP contribution in [0.5, 0.6) is 0 Å². The molecule has 0 saturated heterocycles. The quantitative estimate of drug-likeness (QED) is 0.395. The summed E-state index contributed by atoms with van der Waals surface area (Å²) in [6.45, 7) is 6.81. The highest BCUT2D eigenvalue weighted by molar-refractivity contribution is 7.70. The van der Waals surface area contributed by atoms with Gasteiger partial charge in [0.2, 0.25) is 11.3 Å². The first-order valence-corrected chi connectivity index (χ1v) is 8.45. The van der Waals surface area contributed by atoms with Gasteiger partial charge in [0.25, 0.3) is 0 Å². The molecule has 102 valence electrons. The maximum absolute atomic E-state index is 12.2. The van der Waals surface area contributed by atoms with Crippen molar-refractivity contribution >= 4 is 47.7 Å². The Morgan fingerprint density at radius 3 is 2.53 bits per heavy atom. The van der Waals surface area contributed by atoms with Crippen LogP contribution in [0, 0.1) is 0 Å². The molecule has 0 aliphatic rings. The number of guanidine groups is 1. The molecule has 0 atom stereocenters. The highest BCUT2D eigenvalue weighted by Crippen LogP contribution is 2.37.